The van der Waals surface area contributed by atoms with Crippen molar-refractivity contribution < 1.29 is 28.6 Å². The molecule has 0 spiro atoms. The van der Waals surface area contributed by atoms with Crippen LogP contribution in [0.4, 0.5) is 5.69 Å². The van der Waals surface area contributed by atoms with E-state index in [0.29, 0.717) is 33.2 Å². The molecule has 1 unspecified atom stereocenters. The molecule has 1 heterocycles. The zero-order valence-corrected chi connectivity index (χ0v) is 19.5. The number of ether oxygens (including phenoxy) is 3. The molecule has 174 valence electrons. The van der Waals surface area contributed by atoms with Gasteiger partial charge in [0.15, 0.2) is 17.6 Å². The summed E-state index contributed by atoms with van der Waals surface area (Å²) >= 11 is 1.21. The van der Waals surface area contributed by atoms with E-state index in [1.165, 1.54) is 11.8 Å². The number of hydrogen-bond acceptors (Lipinski definition) is 7. The van der Waals surface area contributed by atoms with Gasteiger partial charge in [-0.15, -0.1) is 11.8 Å². The quantitative estimate of drug-likeness (QED) is 0.281. The van der Waals surface area contributed by atoms with Gasteiger partial charge in [-0.2, -0.15) is 0 Å². The van der Waals surface area contributed by atoms with Crippen LogP contribution < -0.4 is 14.8 Å². The molecule has 4 rings (SSSR count). The molecule has 34 heavy (non-hydrogen) atoms. The van der Waals surface area contributed by atoms with Gasteiger partial charge in [0.05, 0.1) is 11.3 Å². The minimum absolute atomic E-state index is 0.0799. The normalized spacial score (nSPS) is 12.6. The molecule has 0 aromatic heterocycles. The van der Waals surface area contributed by atoms with E-state index < -0.39 is 12.1 Å². The van der Waals surface area contributed by atoms with Crippen LogP contribution in [0.3, 0.4) is 0 Å². The SMILES string of the molecule is Cc1ccc(C(=O)C(C)OC(=O)c2ccccc2SCC(=O)Nc2ccc3c(c2)OCO3)cc1. The van der Waals surface area contributed by atoms with Gasteiger partial charge in [0.2, 0.25) is 18.5 Å². The number of nitrogens with one attached hydrogen (secondary N) is 1. The molecule has 7 nitrogen and oxygen atoms in total. The second-order valence-electron chi connectivity index (χ2n) is 7.68. The summed E-state index contributed by atoms with van der Waals surface area (Å²) in [6.45, 7) is 3.64. The standard InChI is InChI=1S/C26H23NO6S/c1-16-7-9-18(10-8-16)25(29)17(2)33-26(30)20-5-3-4-6-23(20)34-14-24(28)27-19-11-12-21-22(13-19)32-15-31-21/h3-13,17H,14-15H2,1-2H3,(H,27,28). The van der Waals surface area contributed by atoms with E-state index >= 15 is 0 Å². The summed E-state index contributed by atoms with van der Waals surface area (Å²) in [5.74, 6) is 0.155. The molecular weight excluding hydrogens is 454 g/mol. The molecule has 0 bridgehead atoms. The highest BCUT2D eigenvalue weighted by atomic mass is 32.2. The van der Waals surface area contributed by atoms with Crippen molar-refractivity contribution in [2.75, 3.05) is 17.9 Å². The number of benzene rings is 3. The Bertz CT molecular complexity index is 1220. The minimum Gasteiger partial charge on any atom is -0.454 e. The maximum absolute atomic E-state index is 12.8. The fraction of sp³-hybridized carbons (Fsp3) is 0.192. The molecule has 1 atom stereocenters. The largest absolute Gasteiger partial charge is 0.454 e. The van der Waals surface area contributed by atoms with Crippen LogP contribution in [0.25, 0.3) is 0 Å². The summed E-state index contributed by atoms with van der Waals surface area (Å²) in [6, 6.07) is 19.1. The van der Waals surface area contributed by atoms with Gasteiger partial charge in [-0.3, -0.25) is 9.59 Å². The third-order valence-electron chi connectivity index (χ3n) is 5.11. The number of Topliss-reactive ketones (excluding diaryl/α,β-unsaturated/α-hetero) is 1. The van der Waals surface area contributed by atoms with E-state index in [4.69, 9.17) is 14.2 Å². The van der Waals surface area contributed by atoms with Gasteiger partial charge in [-0.05, 0) is 38.1 Å². The highest BCUT2D eigenvalue weighted by Gasteiger charge is 2.22. The zero-order chi connectivity index (χ0) is 24.1. The van der Waals surface area contributed by atoms with Crippen molar-refractivity contribution in [3.05, 3.63) is 83.4 Å². The van der Waals surface area contributed by atoms with Crippen LogP contribution in [0.5, 0.6) is 11.5 Å². The number of rotatable bonds is 8. The van der Waals surface area contributed by atoms with Crippen LogP contribution in [0, 0.1) is 6.92 Å². The fourth-order valence-electron chi connectivity index (χ4n) is 3.31. The van der Waals surface area contributed by atoms with Crippen LogP contribution in [-0.4, -0.2) is 36.3 Å². The van der Waals surface area contributed by atoms with Crippen LogP contribution in [-0.2, 0) is 9.53 Å². The highest BCUT2D eigenvalue weighted by molar-refractivity contribution is 8.00. The predicted molar refractivity (Wildman–Crippen MR) is 129 cm³/mol. The zero-order valence-electron chi connectivity index (χ0n) is 18.7. The summed E-state index contributed by atoms with van der Waals surface area (Å²) in [6.07, 6.45) is -0.942. The molecule has 0 saturated heterocycles. The average Bonchev–Trinajstić information content (AvgIpc) is 3.31. The molecule has 1 aliphatic rings. The molecular formula is C26H23NO6S. The Morgan fingerprint density at radius 1 is 1.00 bits per heavy atom. The van der Waals surface area contributed by atoms with E-state index in [1.807, 2.05) is 19.1 Å². The molecule has 8 heteroatoms. The number of thioether (sulfide) groups is 1. The number of carbonyl (C=O) groups is 3. The Morgan fingerprint density at radius 2 is 1.74 bits per heavy atom. The lowest BCUT2D eigenvalue weighted by atomic mass is 10.1. The Labute approximate surface area is 201 Å². The van der Waals surface area contributed by atoms with Crippen LogP contribution in [0.1, 0.15) is 33.2 Å². The Balaban J connectivity index is 1.36. The van der Waals surface area contributed by atoms with E-state index in [-0.39, 0.29) is 24.2 Å². The lowest BCUT2D eigenvalue weighted by Crippen LogP contribution is -2.24. The van der Waals surface area contributed by atoms with Gasteiger partial charge in [0.25, 0.3) is 0 Å². The number of aryl methyl sites for hydroxylation is 1. The first kappa shape index (κ1) is 23.4. The van der Waals surface area contributed by atoms with E-state index in [9.17, 15) is 14.4 Å². The van der Waals surface area contributed by atoms with Crippen LogP contribution in [0.15, 0.2) is 71.6 Å². The van der Waals surface area contributed by atoms with Crippen molar-refractivity contribution in [1.29, 1.82) is 0 Å². The second kappa shape index (κ2) is 10.4. The third kappa shape index (κ3) is 5.58. The average molecular weight is 478 g/mol. The molecule has 1 N–H and O–H groups in total. The first-order chi connectivity index (χ1) is 16.4. The lowest BCUT2D eigenvalue weighted by molar-refractivity contribution is -0.113. The fourth-order valence-corrected chi connectivity index (χ4v) is 4.15. The van der Waals surface area contributed by atoms with Gasteiger partial charge in [0, 0.05) is 22.2 Å². The van der Waals surface area contributed by atoms with Gasteiger partial charge in [0.1, 0.15) is 0 Å². The van der Waals surface area contributed by atoms with Crippen molar-refractivity contribution in [3.8, 4) is 11.5 Å². The lowest BCUT2D eigenvalue weighted by Gasteiger charge is -2.14. The Kier molecular flexibility index (Phi) is 7.18. The van der Waals surface area contributed by atoms with Crippen molar-refractivity contribution in [1.82, 2.24) is 0 Å². The van der Waals surface area contributed by atoms with Crippen LogP contribution >= 0.6 is 11.8 Å². The third-order valence-corrected chi connectivity index (χ3v) is 6.18. The van der Waals surface area contributed by atoms with E-state index in [0.717, 1.165) is 5.56 Å². The maximum atomic E-state index is 12.8. The molecule has 1 aliphatic heterocycles. The summed E-state index contributed by atoms with van der Waals surface area (Å²) in [4.78, 5) is 38.4. The number of hydrogen-bond donors (Lipinski definition) is 1. The van der Waals surface area contributed by atoms with Crippen molar-refractivity contribution in [2.45, 2.75) is 24.8 Å². The smallest absolute Gasteiger partial charge is 0.339 e. The molecule has 3 aromatic carbocycles. The van der Waals surface area contributed by atoms with Crippen molar-refractivity contribution >= 4 is 35.1 Å². The first-order valence-corrected chi connectivity index (χ1v) is 11.6. The van der Waals surface area contributed by atoms with E-state index in [1.54, 1.807) is 61.5 Å². The summed E-state index contributed by atoms with van der Waals surface area (Å²) in [5.41, 5.74) is 2.40. The predicted octanol–water partition coefficient (Wildman–Crippen LogP) is 4.88. The molecule has 1 amide bonds. The summed E-state index contributed by atoms with van der Waals surface area (Å²) in [7, 11) is 0. The van der Waals surface area contributed by atoms with Gasteiger partial charge in [-0.1, -0.05) is 42.0 Å². The van der Waals surface area contributed by atoms with E-state index in [2.05, 4.69) is 5.32 Å². The second-order valence-corrected chi connectivity index (χ2v) is 8.70. The van der Waals surface area contributed by atoms with Gasteiger partial charge in [-0.25, -0.2) is 4.79 Å². The number of ketones is 1. The first-order valence-electron chi connectivity index (χ1n) is 10.6. The number of anilines is 1. The Morgan fingerprint density at radius 3 is 2.53 bits per heavy atom. The highest BCUT2D eigenvalue weighted by Crippen LogP contribution is 2.34. The maximum Gasteiger partial charge on any atom is 0.339 e. The van der Waals surface area contributed by atoms with Gasteiger partial charge >= 0.3 is 5.97 Å². The van der Waals surface area contributed by atoms with Gasteiger partial charge < -0.3 is 19.5 Å². The monoisotopic (exact) mass is 477 g/mol. The van der Waals surface area contributed by atoms with Crippen LogP contribution in [0.2, 0.25) is 0 Å². The molecule has 0 aliphatic carbocycles. The number of carbonyl (C=O) groups excluding carboxylic acids is 3. The topological polar surface area (TPSA) is 90.9 Å². The number of esters is 1. The Hall–Kier alpha value is -3.78. The summed E-state index contributed by atoms with van der Waals surface area (Å²) < 4.78 is 16.0. The molecule has 0 radical (unpaired) electrons. The molecule has 0 saturated carbocycles. The number of fused-ring (bicyclic) bond motifs is 1. The summed E-state index contributed by atoms with van der Waals surface area (Å²) in [5, 5.41) is 2.80. The molecule has 0 fully saturated rings. The van der Waals surface area contributed by atoms with Crippen molar-refractivity contribution in [3.63, 3.8) is 0 Å². The van der Waals surface area contributed by atoms with Crippen molar-refractivity contribution in [2.24, 2.45) is 0 Å². The number of amides is 1. The minimum atomic E-state index is -0.942. The molecule has 3 aromatic rings.